The number of carbonyl (C=O) groups is 1. The minimum absolute atomic E-state index is 0. The maximum atomic E-state index is 11.8. The number of halogens is 6. The molecule has 416 valence electrons. The SMILES string of the molecule is Brc1ccn2cncc2c1.CC(C)(C)S(=O)N=Cc1ncn2ccc(Br)cc12.CC(C)(C)S(=O)N=Cc1ncn2ccc(Br)cc12.CC(C)(C)S(N)=O.Cl.NCc1ncn2ccc(Br)cc12.O=Cc1ncn2ccc(Br)cc12. The van der Waals surface area contributed by atoms with Gasteiger partial charge in [-0.1, -0.05) is 79.6 Å². The first-order valence-corrected chi connectivity index (χ1v) is 30.4. The molecule has 0 saturated heterocycles. The van der Waals surface area contributed by atoms with E-state index in [2.05, 4.69) is 113 Å². The highest BCUT2D eigenvalue weighted by molar-refractivity contribution is 9.11. The number of pyridine rings is 5. The molecule has 3 atom stereocenters. The van der Waals surface area contributed by atoms with Gasteiger partial charge in [-0.2, -0.15) is 8.80 Å². The van der Waals surface area contributed by atoms with Crippen LogP contribution in [0.15, 0.2) is 161 Å². The van der Waals surface area contributed by atoms with Gasteiger partial charge in [0.2, 0.25) is 0 Å². The maximum Gasteiger partial charge on any atom is 0.170 e. The van der Waals surface area contributed by atoms with Crippen molar-refractivity contribution in [1.82, 2.24) is 46.9 Å². The zero-order valence-electron chi connectivity index (χ0n) is 43.7. The largest absolute Gasteiger partial charge is 0.325 e. The van der Waals surface area contributed by atoms with Gasteiger partial charge in [0.25, 0.3) is 0 Å². The van der Waals surface area contributed by atoms with Gasteiger partial charge in [0.1, 0.15) is 45.4 Å². The van der Waals surface area contributed by atoms with Gasteiger partial charge in [-0.3, -0.25) is 9.93 Å². The molecule has 4 N–H and O–H groups in total. The van der Waals surface area contributed by atoms with Crippen molar-refractivity contribution in [3.05, 3.63) is 175 Å². The minimum Gasteiger partial charge on any atom is -0.325 e. The Kier molecular flexibility index (Phi) is 25.3. The summed E-state index contributed by atoms with van der Waals surface area (Å²) in [6, 6.07) is 19.5. The fourth-order valence-electron chi connectivity index (χ4n) is 5.81. The first-order valence-electron chi connectivity index (χ1n) is 23.0. The maximum absolute atomic E-state index is 11.8. The Hall–Kier alpha value is -4.48. The number of nitrogens with two attached hydrogens (primary N) is 2. The van der Waals surface area contributed by atoms with Crippen LogP contribution in [0.4, 0.5) is 0 Å². The quantitative estimate of drug-likeness (QED) is 0.118. The predicted octanol–water partition coefficient (Wildman–Crippen LogP) is 12.3. The van der Waals surface area contributed by atoms with Gasteiger partial charge in [0.05, 0.1) is 102 Å². The number of hydrogen-bond acceptors (Lipinski definition) is 10. The number of fused-ring (bicyclic) bond motifs is 5. The molecule has 0 saturated carbocycles. The molecule has 10 aromatic heterocycles. The van der Waals surface area contributed by atoms with Crippen LogP contribution in [-0.4, -0.2) is 92.5 Å². The third kappa shape index (κ3) is 19.7. The summed E-state index contributed by atoms with van der Waals surface area (Å²) in [7, 11) is -3.71. The smallest absolute Gasteiger partial charge is 0.170 e. The molecule has 3 unspecified atom stereocenters. The van der Waals surface area contributed by atoms with Gasteiger partial charge in [0.15, 0.2) is 6.29 Å². The van der Waals surface area contributed by atoms with Crippen molar-refractivity contribution in [1.29, 1.82) is 0 Å². The molecule has 0 spiro atoms. The molecule has 10 rings (SSSR count). The normalized spacial score (nSPS) is 12.8. The third-order valence-electron chi connectivity index (χ3n) is 10.0. The van der Waals surface area contributed by atoms with Crippen molar-refractivity contribution >= 4 is 171 Å². The molecule has 27 heteroatoms. The summed E-state index contributed by atoms with van der Waals surface area (Å²) in [6.45, 7) is 17.3. The van der Waals surface area contributed by atoms with Crippen LogP contribution in [0.3, 0.4) is 0 Å². The Morgan fingerprint density at radius 3 is 1.22 bits per heavy atom. The van der Waals surface area contributed by atoms with Crippen LogP contribution in [0, 0.1) is 0 Å². The zero-order chi connectivity index (χ0) is 56.8. The number of rotatable bonds is 6. The lowest BCUT2D eigenvalue weighted by atomic mass is 10.3. The molecule has 0 aliphatic heterocycles. The molecule has 0 bridgehead atoms. The highest BCUT2D eigenvalue weighted by Gasteiger charge is 2.20. The van der Waals surface area contributed by atoms with Gasteiger partial charge in [-0.05, 0) is 123 Å². The summed E-state index contributed by atoms with van der Waals surface area (Å²) < 4.78 is 55.7. The average molecular weight is 1460 g/mol. The second kappa shape index (κ2) is 29.8. The molecule has 18 nitrogen and oxygen atoms in total. The molecule has 0 amide bonds. The summed E-state index contributed by atoms with van der Waals surface area (Å²) in [5.41, 5.74) is 13.2. The summed E-state index contributed by atoms with van der Waals surface area (Å²) in [5.74, 6) is 0. The number of aromatic nitrogens is 10. The van der Waals surface area contributed by atoms with Crippen LogP contribution in [0.2, 0.25) is 0 Å². The molecule has 0 aliphatic rings. The molecule has 0 aliphatic carbocycles. The van der Waals surface area contributed by atoms with E-state index in [1.807, 2.05) is 178 Å². The van der Waals surface area contributed by atoms with E-state index in [1.54, 1.807) is 48.5 Å². The standard InChI is InChI=1S/2C12H14BrN3OS.C8H8BrN3.C8H5BrN2O.C7H5BrN2.C4H11NOS.ClH/c2*1-12(2,3)18(17)15-7-10-11-6-9(13)4-5-16(11)8-14-10;9-6-1-2-12-5-11-7(4-10)8(12)3-6;9-6-1-2-11-5-10-7(4-12)8(11)3-6;8-6-1-2-10-5-9-4-7(10)3-6;1-4(2,3)7(5)6;/h2*4-8H,1-3H3;1-3,5H,4,10H2;1-5H;1-5H;5H2,1-3H3;1H. The van der Waals surface area contributed by atoms with E-state index < -0.39 is 33.0 Å². The molecular weight excluding hydrogens is 1400 g/mol. The van der Waals surface area contributed by atoms with E-state index in [0.29, 0.717) is 23.6 Å². The van der Waals surface area contributed by atoms with Gasteiger partial charge >= 0.3 is 0 Å². The number of aldehydes is 1. The van der Waals surface area contributed by atoms with Gasteiger partial charge in [-0.15, -0.1) is 12.4 Å². The number of nitrogens with zero attached hydrogens (tertiary/aromatic N) is 12. The van der Waals surface area contributed by atoms with E-state index in [9.17, 15) is 17.4 Å². The fourth-order valence-corrected chi connectivity index (χ4v) is 8.53. The van der Waals surface area contributed by atoms with Crippen molar-refractivity contribution in [2.24, 2.45) is 19.7 Å². The van der Waals surface area contributed by atoms with Gasteiger partial charge in [-0.25, -0.2) is 37.5 Å². The van der Waals surface area contributed by atoms with Crippen molar-refractivity contribution in [3.8, 4) is 0 Å². The van der Waals surface area contributed by atoms with E-state index in [0.717, 1.165) is 61.9 Å². The molecule has 0 fully saturated rings. The molecule has 78 heavy (non-hydrogen) atoms. The van der Waals surface area contributed by atoms with Crippen LogP contribution in [0.25, 0.3) is 27.6 Å². The lowest BCUT2D eigenvalue weighted by Crippen LogP contribution is -2.27. The van der Waals surface area contributed by atoms with E-state index in [4.69, 9.17) is 10.9 Å². The number of hydrogen-bond donors (Lipinski definition) is 2. The zero-order valence-corrected chi connectivity index (χ0v) is 54.9. The molecule has 10 aromatic rings. The highest BCUT2D eigenvalue weighted by atomic mass is 79.9. The Bertz CT molecular complexity index is 3630. The monoisotopic (exact) mass is 1460 g/mol. The lowest BCUT2D eigenvalue weighted by Gasteiger charge is -2.12. The van der Waals surface area contributed by atoms with Gasteiger partial charge in [0, 0.05) is 59.9 Å². The van der Waals surface area contributed by atoms with Gasteiger partial charge < -0.3 is 27.7 Å². The first-order chi connectivity index (χ1) is 36.2. The number of carbonyl (C=O) groups excluding carboxylic acids is 1. The fraction of sp³-hybridized carbons (Fsp3) is 0.255. The minimum atomic E-state index is -1.26. The van der Waals surface area contributed by atoms with Crippen LogP contribution in [-0.2, 0) is 39.5 Å². The van der Waals surface area contributed by atoms with Crippen molar-refractivity contribution < 1.29 is 17.4 Å². The van der Waals surface area contributed by atoms with Crippen molar-refractivity contribution in [3.63, 3.8) is 0 Å². The second-order valence-corrected chi connectivity index (χ2v) is 29.4. The third-order valence-corrected chi connectivity index (χ3v) is 16.4. The lowest BCUT2D eigenvalue weighted by molar-refractivity contribution is 0.112. The molecule has 0 radical (unpaired) electrons. The second-order valence-electron chi connectivity index (χ2n) is 19.1. The van der Waals surface area contributed by atoms with Crippen LogP contribution in [0.5, 0.6) is 0 Å². The molecule has 10 heterocycles. The summed E-state index contributed by atoms with van der Waals surface area (Å²) in [4.78, 5) is 31.1. The summed E-state index contributed by atoms with van der Waals surface area (Å²) in [5, 5.41) is 5.04. The number of imidazole rings is 5. The van der Waals surface area contributed by atoms with Crippen molar-refractivity contribution in [2.45, 2.75) is 83.1 Å². The Balaban J connectivity index is 0.000000206. The molecular formula is C51H58Br5ClN14O4S3. The summed E-state index contributed by atoms with van der Waals surface area (Å²) >= 11 is 16.9. The topological polar surface area (TPSA) is 232 Å². The van der Waals surface area contributed by atoms with Crippen molar-refractivity contribution in [2.75, 3.05) is 0 Å². The van der Waals surface area contributed by atoms with E-state index >= 15 is 0 Å². The average Bonchev–Trinajstić information content (AvgIpc) is 4.24. The summed E-state index contributed by atoms with van der Waals surface area (Å²) in [6.07, 6.45) is 23.9. The van der Waals surface area contributed by atoms with E-state index in [-0.39, 0.29) is 26.6 Å². The Labute approximate surface area is 508 Å². The highest BCUT2D eigenvalue weighted by Crippen LogP contribution is 2.20. The molecule has 0 aromatic carbocycles. The Morgan fingerprint density at radius 1 is 0.513 bits per heavy atom. The van der Waals surface area contributed by atoms with Crippen LogP contribution in [0.1, 0.15) is 89.9 Å². The first kappa shape index (κ1) is 66.0. The predicted molar refractivity (Wildman–Crippen MR) is 338 cm³/mol. The Morgan fingerprint density at radius 2 is 0.846 bits per heavy atom. The van der Waals surface area contributed by atoms with Crippen LogP contribution < -0.4 is 10.9 Å². The van der Waals surface area contributed by atoms with E-state index in [1.165, 1.54) is 0 Å². The van der Waals surface area contributed by atoms with Crippen LogP contribution >= 0.6 is 92.1 Å².